The monoisotopic (exact) mass is 459 g/mol. The van der Waals surface area contributed by atoms with E-state index in [1.54, 1.807) is 26.8 Å². The largest absolute Gasteiger partial charge is 0.457 e. The molecule has 0 bridgehead atoms. The number of carbonyl (C=O) groups is 2. The molecule has 182 valence electrons. The summed E-state index contributed by atoms with van der Waals surface area (Å²) < 4.78 is 10.8. The van der Waals surface area contributed by atoms with Crippen LogP contribution in [0.25, 0.3) is 6.08 Å². The van der Waals surface area contributed by atoms with Crippen LogP contribution in [0.4, 0.5) is 0 Å². The van der Waals surface area contributed by atoms with Gasteiger partial charge >= 0.3 is 5.97 Å². The Morgan fingerprint density at radius 1 is 1.21 bits per heavy atom. The number of ketones is 1. The number of aliphatic hydroxyl groups is 2. The average Bonchev–Trinajstić information content (AvgIpc) is 3.14. The third-order valence-electron chi connectivity index (χ3n) is 6.28. The molecule has 0 amide bonds. The molecule has 2 heterocycles. The van der Waals surface area contributed by atoms with Crippen LogP contribution in [-0.4, -0.2) is 45.4 Å². The molecule has 0 aliphatic carbocycles. The number of rotatable bonds is 2. The first-order valence-electron chi connectivity index (χ1n) is 11.4. The third-order valence-corrected chi connectivity index (χ3v) is 6.28. The summed E-state index contributed by atoms with van der Waals surface area (Å²) in [6.07, 6.45) is 5.79. The summed E-state index contributed by atoms with van der Waals surface area (Å²) in [5.74, 6) is -0.422. The van der Waals surface area contributed by atoms with Crippen molar-refractivity contribution in [3.05, 3.63) is 46.9 Å². The second kappa shape index (κ2) is 11.6. The highest BCUT2D eigenvalue weighted by Crippen LogP contribution is 2.29. The molecule has 0 spiro atoms. The number of aliphatic hydroxyl groups excluding tert-OH is 2. The summed E-state index contributed by atoms with van der Waals surface area (Å²) in [4.78, 5) is 25.5. The highest BCUT2D eigenvalue weighted by molar-refractivity contribution is 5.86. The Kier molecular flexibility index (Phi) is 9.37. The van der Waals surface area contributed by atoms with E-state index in [0.29, 0.717) is 24.3 Å². The van der Waals surface area contributed by atoms with Gasteiger partial charge in [-0.15, -0.1) is 0 Å². The lowest BCUT2D eigenvalue weighted by atomic mass is 9.77. The van der Waals surface area contributed by atoms with Gasteiger partial charge in [0, 0.05) is 30.2 Å². The normalized spacial score (nSPS) is 30.9. The maximum atomic E-state index is 12.8. The lowest BCUT2D eigenvalue weighted by Crippen LogP contribution is -2.41. The topological polar surface area (TPSA) is 110 Å². The third kappa shape index (κ3) is 7.79. The molecule has 7 heteroatoms. The summed E-state index contributed by atoms with van der Waals surface area (Å²) in [6.45, 7) is 10.7. The second-order valence-electron chi connectivity index (χ2n) is 9.64. The number of carbonyl (C=O) groups excluding carboxylic acids is 2. The first-order chi connectivity index (χ1) is 15.4. The van der Waals surface area contributed by atoms with Gasteiger partial charge in [0.05, 0.1) is 18.6 Å². The van der Waals surface area contributed by atoms with Gasteiger partial charge in [0.2, 0.25) is 0 Å². The van der Waals surface area contributed by atoms with Gasteiger partial charge in [0.25, 0.3) is 0 Å². The van der Waals surface area contributed by atoms with Gasteiger partial charge in [-0.1, -0.05) is 49.7 Å². The van der Waals surface area contributed by atoms with Crippen molar-refractivity contribution < 1.29 is 29.1 Å². The van der Waals surface area contributed by atoms with Crippen LogP contribution in [-0.2, 0) is 14.3 Å². The SMILES string of the molecule is C/C1=C/CC(/C(C)=C/c2cc(C)on2)OC(=O)C[C@H](O)C(C)(C)C(=O)C[C@@H](O)[C@@H](C)/C=C/C1. The Balaban J connectivity index is 2.33. The quantitative estimate of drug-likeness (QED) is 0.500. The van der Waals surface area contributed by atoms with Crippen LogP contribution < -0.4 is 0 Å². The molecular formula is C26H37NO6. The maximum Gasteiger partial charge on any atom is 0.309 e. The lowest BCUT2D eigenvalue weighted by Gasteiger charge is -2.30. The van der Waals surface area contributed by atoms with Crippen LogP contribution in [0.15, 0.2) is 40.0 Å². The van der Waals surface area contributed by atoms with Gasteiger partial charge < -0.3 is 19.5 Å². The fourth-order valence-corrected chi connectivity index (χ4v) is 3.54. The first-order valence-corrected chi connectivity index (χ1v) is 11.4. The second-order valence-corrected chi connectivity index (χ2v) is 9.64. The van der Waals surface area contributed by atoms with Crippen molar-refractivity contribution in [3.63, 3.8) is 0 Å². The van der Waals surface area contributed by atoms with Crippen LogP contribution in [0, 0.1) is 18.3 Å². The fraction of sp³-hybridized carbons (Fsp3) is 0.577. The minimum absolute atomic E-state index is 0.0962. The van der Waals surface area contributed by atoms with Gasteiger partial charge in [-0.3, -0.25) is 9.59 Å². The number of aromatic nitrogens is 1. The highest BCUT2D eigenvalue weighted by Gasteiger charge is 2.38. The van der Waals surface area contributed by atoms with Gasteiger partial charge in [-0.25, -0.2) is 0 Å². The van der Waals surface area contributed by atoms with E-state index in [4.69, 9.17) is 9.26 Å². The molecule has 1 aromatic rings. The molecule has 2 N–H and O–H groups in total. The van der Waals surface area contributed by atoms with Crippen molar-refractivity contribution >= 4 is 17.8 Å². The maximum absolute atomic E-state index is 12.8. The minimum atomic E-state index is -1.23. The lowest BCUT2D eigenvalue weighted by molar-refractivity contribution is -0.153. The molecule has 33 heavy (non-hydrogen) atoms. The Morgan fingerprint density at radius 3 is 2.55 bits per heavy atom. The number of aryl methyl sites for hydroxylation is 1. The molecule has 0 radical (unpaired) electrons. The molecule has 0 saturated carbocycles. The van der Waals surface area contributed by atoms with E-state index in [-0.39, 0.29) is 24.5 Å². The van der Waals surface area contributed by atoms with E-state index in [0.717, 1.165) is 11.1 Å². The van der Waals surface area contributed by atoms with Crippen molar-refractivity contribution in [3.8, 4) is 0 Å². The van der Waals surface area contributed by atoms with Crippen LogP contribution in [0.2, 0.25) is 0 Å². The van der Waals surface area contributed by atoms with Crippen LogP contribution in [0.1, 0.15) is 71.8 Å². The van der Waals surface area contributed by atoms with Gasteiger partial charge in [0.1, 0.15) is 23.3 Å². The molecule has 1 unspecified atom stereocenters. The zero-order chi connectivity index (χ0) is 24.8. The summed E-state index contributed by atoms with van der Waals surface area (Å²) >= 11 is 0. The summed E-state index contributed by atoms with van der Waals surface area (Å²) in [5.41, 5.74) is 1.31. The molecule has 0 saturated heterocycles. The molecule has 7 nitrogen and oxygen atoms in total. The van der Waals surface area contributed by atoms with Crippen molar-refractivity contribution in [2.24, 2.45) is 11.3 Å². The molecule has 0 fully saturated rings. The molecule has 1 aromatic heterocycles. The summed E-state index contributed by atoms with van der Waals surface area (Å²) in [7, 11) is 0. The Labute approximate surface area is 196 Å². The summed E-state index contributed by atoms with van der Waals surface area (Å²) in [6, 6.07) is 1.79. The number of esters is 1. The number of allylic oxidation sites excluding steroid dienone is 2. The Morgan fingerprint density at radius 2 is 1.91 bits per heavy atom. The molecule has 4 atom stereocenters. The zero-order valence-corrected chi connectivity index (χ0v) is 20.5. The molecule has 1 aliphatic heterocycles. The summed E-state index contributed by atoms with van der Waals surface area (Å²) in [5, 5.41) is 25.1. The predicted octanol–water partition coefficient (Wildman–Crippen LogP) is 4.33. The molecule has 1 aliphatic rings. The van der Waals surface area contributed by atoms with Crippen molar-refractivity contribution in [1.82, 2.24) is 5.16 Å². The van der Waals surface area contributed by atoms with E-state index < -0.39 is 29.7 Å². The van der Waals surface area contributed by atoms with E-state index in [1.165, 1.54) is 0 Å². The molecular weight excluding hydrogens is 422 g/mol. The Bertz CT molecular complexity index is 923. The van der Waals surface area contributed by atoms with Crippen LogP contribution >= 0.6 is 0 Å². The number of ether oxygens (including phenoxy) is 1. The smallest absolute Gasteiger partial charge is 0.309 e. The molecule has 2 rings (SSSR count). The van der Waals surface area contributed by atoms with E-state index in [9.17, 15) is 19.8 Å². The van der Waals surface area contributed by atoms with Gasteiger partial charge in [0.15, 0.2) is 0 Å². The Hall–Kier alpha value is -2.51. The number of cyclic esters (lactones) is 1. The number of hydrogen-bond donors (Lipinski definition) is 2. The van der Waals surface area contributed by atoms with Gasteiger partial charge in [-0.2, -0.15) is 0 Å². The van der Waals surface area contributed by atoms with E-state index >= 15 is 0 Å². The number of Topliss-reactive ketones (excluding diaryl/α,β-unsaturated/α-hetero) is 1. The van der Waals surface area contributed by atoms with Crippen LogP contribution in [0.5, 0.6) is 0 Å². The van der Waals surface area contributed by atoms with Crippen LogP contribution in [0.3, 0.4) is 0 Å². The van der Waals surface area contributed by atoms with Crippen molar-refractivity contribution in [2.45, 2.75) is 85.5 Å². The fourth-order valence-electron chi connectivity index (χ4n) is 3.54. The average molecular weight is 460 g/mol. The number of nitrogens with zero attached hydrogens (tertiary/aromatic N) is 1. The predicted molar refractivity (Wildman–Crippen MR) is 126 cm³/mol. The van der Waals surface area contributed by atoms with E-state index in [2.05, 4.69) is 5.16 Å². The zero-order valence-electron chi connectivity index (χ0n) is 20.5. The highest BCUT2D eigenvalue weighted by atomic mass is 16.5. The minimum Gasteiger partial charge on any atom is -0.457 e. The number of hydrogen-bond acceptors (Lipinski definition) is 7. The van der Waals surface area contributed by atoms with Crippen molar-refractivity contribution in [1.29, 1.82) is 0 Å². The first kappa shape index (κ1) is 26.7. The van der Waals surface area contributed by atoms with E-state index in [1.807, 2.05) is 45.1 Å². The van der Waals surface area contributed by atoms with Gasteiger partial charge in [-0.05, 0) is 38.8 Å². The standard InChI is InChI=1S/C26H37NO6/c1-16-8-7-9-17(2)21(28)14-23(29)26(5,6)24(30)15-25(31)32-22(11-10-16)18(3)12-20-13-19(4)33-27-20/h7,9-10,12-13,17,21-22,24,28,30H,8,11,14-15H2,1-6H3/b9-7+,16-10-,18-12+/t17-,21+,22?,24-/m0/s1. The molecule has 0 aromatic carbocycles. The van der Waals surface area contributed by atoms with Crippen molar-refractivity contribution in [2.75, 3.05) is 0 Å².